The molecule has 0 amide bonds. The number of fused-ring (bicyclic) bond motifs is 1. The lowest BCUT2D eigenvalue weighted by molar-refractivity contribution is 0.322. The zero-order valence-corrected chi connectivity index (χ0v) is 13.5. The molecule has 3 rings (SSSR count). The lowest BCUT2D eigenvalue weighted by Crippen LogP contribution is -2.23. The molecule has 2 aromatic rings. The number of thiocarbonyl (C=S) groups is 1. The summed E-state index contributed by atoms with van der Waals surface area (Å²) in [7, 11) is 0. The summed E-state index contributed by atoms with van der Waals surface area (Å²) in [4.78, 5) is 0. The third-order valence-corrected chi connectivity index (χ3v) is 4.47. The Hall–Kier alpha value is -1.88. The van der Waals surface area contributed by atoms with E-state index in [9.17, 15) is 0 Å². The van der Waals surface area contributed by atoms with Gasteiger partial charge in [-0.15, -0.1) is 0 Å². The van der Waals surface area contributed by atoms with Crippen LogP contribution in [-0.4, -0.2) is 15.9 Å². The average Bonchev–Trinajstić information content (AvgIpc) is 2.86. The highest BCUT2D eigenvalue weighted by molar-refractivity contribution is 7.80. The van der Waals surface area contributed by atoms with Crippen LogP contribution in [0.15, 0.2) is 35.6 Å². The smallest absolute Gasteiger partial charge is 0.184 e. The van der Waals surface area contributed by atoms with Crippen LogP contribution in [0.3, 0.4) is 0 Å². The predicted octanol–water partition coefficient (Wildman–Crippen LogP) is 3.39. The molecule has 0 radical (unpaired) electrons. The van der Waals surface area contributed by atoms with E-state index in [1.54, 1.807) is 6.21 Å². The summed E-state index contributed by atoms with van der Waals surface area (Å²) in [6, 6.07) is 8.46. The highest BCUT2D eigenvalue weighted by Crippen LogP contribution is 2.28. The van der Waals surface area contributed by atoms with E-state index in [0.29, 0.717) is 0 Å². The van der Waals surface area contributed by atoms with Crippen LogP contribution in [0.25, 0.3) is 10.9 Å². The maximum Gasteiger partial charge on any atom is 0.184 e. The number of hydrogen-bond donors (Lipinski definition) is 2. The summed E-state index contributed by atoms with van der Waals surface area (Å²) in [5, 5.41) is 5.49. The van der Waals surface area contributed by atoms with Crippen molar-refractivity contribution in [3.8, 4) is 0 Å². The molecular weight excluding hydrogens is 292 g/mol. The molecular formula is C17H22N4S. The minimum atomic E-state index is 0.183. The fraction of sp³-hybridized carbons (Fsp3) is 0.412. The first-order chi connectivity index (χ1) is 10.7. The molecule has 1 saturated carbocycles. The van der Waals surface area contributed by atoms with Crippen molar-refractivity contribution in [1.29, 1.82) is 0 Å². The summed E-state index contributed by atoms with van der Waals surface area (Å²) in [6.07, 6.45) is 10.8. The first kappa shape index (κ1) is 15.0. The van der Waals surface area contributed by atoms with Crippen LogP contribution in [-0.2, 0) is 6.54 Å². The minimum Gasteiger partial charge on any atom is -0.375 e. The molecule has 0 unspecified atom stereocenters. The van der Waals surface area contributed by atoms with Crippen LogP contribution >= 0.6 is 12.2 Å². The Balaban J connectivity index is 1.86. The Morgan fingerprint density at radius 3 is 2.86 bits per heavy atom. The molecule has 5 heteroatoms. The zero-order valence-electron chi connectivity index (χ0n) is 12.7. The van der Waals surface area contributed by atoms with Gasteiger partial charge in [0, 0.05) is 29.2 Å². The second-order valence-electron chi connectivity index (χ2n) is 5.99. The molecule has 0 saturated heterocycles. The van der Waals surface area contributed by atoms with Crippen LogP contribution in [0.5, 0.6) is 0 Å². The number of nitrogens with two attached hydrogens (primary N) is 1. The number of benzene rings is 1. The third-order valence-electron chi connectivity index (χ3n) is 4.38. The van der Waals surface area contributed by atoms with Gasteiger partial charge in [-0.3, -0.25) is 5.43 Å². The van der Waals surface area contributed by atoms with Gasteiger partial charge in [0.15, 0.2) is 5.11 Å². The normalized spacial score (nSPS) is 16.4. The van der Waals surface area contributed by atoms with E-state index in [1.165, 1.54) is 43.0 Å². The minimum absolute atomic E-state index is 0.183. The molecule has 0 atom stereocenters. The lowest BCUT2D eigenvalue weighted by Gasteiger charge is -2.22. The highest BCUT2D eigenvalue weighted by Gasteiger charge is 2.15. The Morgan fingerprint density at radius 2 is 2.09 bits per heavy atom. The number of nitrogens with one attached hydrogen (secondary N) is 1. The Bertz CT molecular complexity index is 683. The molecule has 1 fully saturated rings. The summed E-state index contributed by atoms with van der Waals surface area (Å²) in [5.74, 6) is 0.795. The Labute approximate surface area is 136 Å². The maximum absolute atomic E-state index is 5.40. The number of hydrogen-bond acceptors (Lipinski definition) is 2. The third kappa shape index (κ3) is 3.47. The molecule has 0 spiro atoms. The van der Waals surface area contributed by atoms with E-state index in [4.69, 9.17) is 18.0 Å². The summed E-state index contributed by atoms with van der Waals surface area (Å²) in [5.41, 5.74) is 10.4. The van der Waals surface area contributed by atoms with Crippen molar-refractivity contribution in [2.45, 2.75) is 38.6 Å². The first-order valence-corrected chi connectivity index (χ1v) is 8.31. The molecule has 0 aliphatic heterocycles. The summed E-state index contributed by atoms with van der Waals surface area (Å²) < 4.78 is 2.37. The van der Waals surface area contributed by atoms with Gasteiger partial charge >= 0.3 is 0 Å². The molecule has 1 aliphatic rings. The molecule has 4 nitrogen and oxygen atoms in total. The fourth-order valence-electron chi connectivity index (χ4n) is 3.34. The van der Waals surface area contributed by atoms with E-state index in [1.807, 2.05) is 0 Å². The number of rotatable bonds is 4. The second kappa shape index (κ2) is 6.92. The van der Waals surface area contributed by atoms with E-state index in [0.717, 1.165) is 18.0 Å². The number of hydrazone groups is 1. The zero-order chi connectivity index (χ0) is 15.4. The van der Waals surface area contributed by atoms with Gasteiger partial charge in [-0.1, -0.05) is 37.5 Å². The van der Waals surface area contributed by atoms with E-state index >= 15 is 0 Å². The largest absolute Gasteiger partial charge is 0.375 e. The lowest BCUT2D eigenvalue weighted by atomic mass is 9.89. The van der Waals surface area contributed by atoms with Gasteiger partial charge in [0.1, 0.15) is 0 Å². The van der Waals surface area contributed by atoms with Crippen LogP contribution < -0.4 is 11.2 Å². The van der Waals surface area contributed by atoms with Crippen molar-refractivity contribution in [2.75, 3.05) is 0 Å². The van der Waals surface area contributed by atoms with Crippen molar-refractivity contribution in [3.63, 3.8) is 0 Å². The molecule has 1 aliphatic carbocycles. The Morgan fingerprint density at radius 1 is 1.32 bits per heavy atom. The fourth-order valence-corrected chi connectivity index (χ4v) is 3.40. The van der Waals surface area contributed by atoms with Crippen molar-refractivity contribution < 1.29 is 0 Å². The maximum atomic E-state index is 5.40. The topological polar surface area (TPSA) is 55.3 Å². The molecule has 0 bridgehead atoms. The van der Waals surface area contributed by atoms with Gasteiger partial charge in [0.05, 0.1) is 6.21 Å². The van der Waals surface area contributed by atoms with Gasteiger partial charge in [-0.25, -0.2) is 0 Å². The monoisotopic (exact) mass is 314 g/mol. The van der Waals surface area contributed by atoms with Gasteiger partial charge in [0.25, 0.3) is 0 Å². The molecule has 1 aromatic heterocycles. The van der Waals surface area contributed by atoms with Crippen molar-refractivity contribution in [3.05, 3.63) is 36.0 Å². The van der Waals surface area contributed by atoms with Gasteiger partial charge < -0.3 is 10.3 Å². The van der Waals surface area contributed by atoms with Gasteiger partial charge in [0.2, 0.25) is 0 Å². The highest BCUT2D eigenvalue weighted by atomic mass is 32.1. The van der Waals surface area contributed by atoms with Crippen LogP contribution in [0.4, 0.5) is 0 Å². The molecule has 1 aromatic carbocycles. The standard InChI is InChI=1S/C17H22N4S/c18-17(22)20-19-10-14-12-21(11-13-6-2-1-3-7-13)16-9-5-4-8-15(14)16/h4-5,8-10,12-13H,1-3,6-7,11H2,(H3,18,20,22)/b19-10+. The van der Waals surface area contributed by atoms with Crippen LogP contribution in [0.1, 0.15) is 37.7 Å². The van der Waals surface area contributed by atoms with Gasteiger partial charge in [-0.05, 0) is 37.0 Å². The van der Waals surface area contributed by atoms with E-state index in [2.05, 4.69) is 45.6 Å². The van der Waals surface area contributed by atoms with Crippen molar-refractivity contribution >= 4 is 34.4 Å². The SMILES string of the molecule is NC(=S)N/N=C/c1cn(CC2CCCCC2)c2ccccc12. The summed E-state index contributed by atoms with van der Waals surface area (Å²) in [6.45, 7) is 1.09. The number of nitrogens with zero attached hydrogens (tertiary/aromatic N) is 2. The Kier molecular flexibility index (Phi) is 4.73. The average molecular weight is 314 g/mol. The van der Waals surface area contributed by atoms with Crippen molar-refractivity contribution in [2.24, 2.45) is 16.8 Å². The van der Waals surface area contributed by atoms with Crippen LogP contribution in [0.2, 0.25) is 0 Å². The van der Waals surface area contributed by atoms with E-state index < -0.39 is 0 Å². The molecule has 116 valence electrons. The quantitative estimate of drug-likeness (QED) is 0.517. The molecule has 1 heterocycles. The number of aromatic nitrogens is 1. The molecule has 22 heavy (non-hydrogen) atoms. The predicted molar refractivity (Wildman–Crippen MR) is 96.0 cm³/mol. The summed E-state index contributed by atoms with van der Waals surface area (Å²) >= 11 is 4.77. The number of para-hydroxylation sites is 1. The van der Waals surface area contributed by atoms with Crippen molar-refractivity contribution in [1.82, 2.24) is 9.99 Å². The van der Waals surface area contributed by atoms with Crippen LogP contribution in [0, 0.1) is 5.92 Å². The van der Waals surface area contributed by atoms with E-state index in [-0.39, 0.29) is 5.11 Å². The second-order valence-corrected chi connectivity index (χ2v) is 6.43. The van der Waals surface area contributed by atoms with Gasteiger partial charge in [-0.2, -0.15) is 5.10 Å². The first-order valence-electron chi connectivity index (χ1n) is 7.90. The molecule has 3 N–H and O–H groups in total.